The van der Waals surface area contributed by atoms with Gasteiger partial charge in [0.15, 0.2) is 5.60 Å². The van der Waals surface area contributed by atoms with Gasteiger partial charge in [-0.3, -0.25) is 9.59 Å². The molecule has 1 radical (unpaired) electrons. The van der Waals surface area contributed by atoms with E-state index in [1.807, 2.05) is 0 Å². The van der Waals surface area contributed by atoms with Crippen molar-refractivity contribution >= 4 is 17.9 Å². The summed E-state index contributed by atoms with van der Waals surface area (Å²) >= 11 is 0. The van der Waals surface area contributed by atoms with Gasteiger partial charge in [-0.2, -0.15) is 0 Å². The van der Waals surface area contributed by atoms with E-state index in [1.165, 1.54) is 0 Å². The van der Waals surface area contributed by atoms with Crippen molar-refractivity contribution in [1.29, 1.82) is 0 Å². The van der Waals surface area contributed by atoms with Gasteiger partial charge >= 0.3 is 47.5 Å². The number of hydrogen-bond acceptors (Lipinski definition) is 4. The van der Waals surface area contributed by atoms with E-state index in [4.69, 9.17) is 20.4 Å². The molecule has 7 nitrogen and oxygen atoms in total. The van der Waals surface area contributed by atoms with Crippen molar-refractivity contribution in [3.05, 3.63) is 0 Å². The van der Waals surface area contributed by atoms with Gasteiger partial charge in [-0.25, -0.2) is 4.79 Å². The fourth-order valence-corrected chi connectivity index (χ4v) is 0.714. The van der Waals surface area contributed by atoms with Crippen molar-refractivity contribution in [2.45, 2.75) is 18.4 Å². The second-order valence-corrected chi connectivity index (χ2v) is 2.48. The zero-order chi connectivity index (χ0) is 10.6. The predicted molar refractivity (Wildman–Crippen MR) is 38.2 cm³/mol. The number of rotatable bonds is 5. The molecule has 0 spiro atoms. The largest absolute Gasteiger partial charge is 1.00 e. The number of aliphatic hydroxyl groups is 1. The van der Waals surface area contributed by atoms with Crippen LogP contribution in [0.15, 0.2) is 0 Å². The van der Waals surface area contributed by atoms with Gasteiger partial charge in [0.2, 0.25) is 0 Å². The third kappa shape index (κ3) is 7.78. The molecule has 0 atom stereocenters. The van der Waals surface area contributed by atoms with E-state index in [2.05, 4.69) is 0 Å². The molecule has 0 bridgehead atoms. The third-order valence-electron chi connectivity index (χ3n) is 1.29. The molecule has 87 valence electrons. The second-order valence-electron chi connectivity index (χ2n) is 2.48. The topological polar surface area (TPSA) is 132 Å². The number of carboxylic acids is 3. The standard InChI is InChI=1S/C6H8O7.Cu.Na.H/c7-3(8)1-6(13,5(11)12)2-4(9)10;;;/h13H,1-2H2,(H,7,8)(H,9,10)(H,11,12);;;/q;;+1;-1. The molecule has 0 aliphatic heterocycles. The molecule has 9 heteroatoms. The van der Waals surface area contributed by atoms with Crippen LogP contribution in [-0.2, 0) is 31.5 Å². The van der Waals surface area contributed by atoms with E-state index >= 15 is 0 Å². The first-order chi connectivity index (χ1) is 5.78. The SMILES string of the molecule is O=C(O)CC(O)(CC(=O)O)C(=O)O.[Cu].[H-].[Na+]. The van der Waals surface area contributed by atoms with E-state index in [0.717, 1.165) is 0 Å². The summed E-state index contributed by atoms with van der Waals surface area (Å²) in [5, 5.41) is 33.8. The predicted octanol–water partition coefficient (Wildman–Crippen LogP) is -4.13. The van der Waals surface area contributed by atoms with Crippen LogP contribution in [0.2, 0.25) is 0 Å². The molecule has 0 heterocycles. The molecular formula is C6H9CuNaO7. The number of carboxylic acid groups (broad SMARTS) is 3. The minimum absolute atomic E-state index is 0. The molecule has 0 aliphatic rings. The summed E-state index contributed by atoms with van der Waals surface area (Å²) in [6.45, 7) is 0. The van der Waals surface area contributed by atoms with Crippen molar-refractivity contribution in [3.8, 4) is 0 Å². The van der Waals surface area contributed by atoms with Gasteiger partial charge in [-0.05, 0) is 0 Å². The van der Waals surface area contributed by atoms with E-state index < -0.39 is 36.4 Å². The van der Waals surface area contributed by atoms with Crippen LogP contribution < -0.4 is 29.6 Å². The average molecular weight is 280 g/mol. The van der Waals surface area contributed by atoms with Gasteiger partial charge in [0.25, 0.3) is 0 Å². The van der Waals surface area contributed by atoms with Crippen LogP contribution in [0.4, 0.5) is 0 Å². The number of hydrogen-bond donors (Lipinski definition) is 4. The Balaban J connectivity index is -0.000000240. The van der Waals surface area contributed by atoms with E-state index in [9.17, 15) is 14.4 Å². The van der Waals surface area contributed by atoms with Gasteiger partial charge in [0.1, 0.15) is 0 Å². The van der Waals surface area contributed by atoms with Crippen molar-refractivity contribution in [3.63, 3.8) is 0 Å². The summed E-state index contributed by atoms with van der Waals surface area (Å²) < 4.78 is 0. The van der Waals surface area contributed by atoms with Crippen LogP contribution in [0.1, 0.15) is 14.3 Å². The minimum Gasteiger partial charge on any atom is -1.00 e. The van der Waals surface area contributed by atoms with Crippen LogP contribution in [0.3, 0.4) is 0 Å². The fourth-order valence-electron chi connectivity index (χ4n) is 0.714. The molecule has 0 saturated carbocycles. The first kappa shape index (κ1) is 20.3. The normalized spacial score (nSPS) is 9.40. The summed E-state index contributed by atoms with van der Waals surface area (Å²) in [6.07, 6.45) is -2.29. The van der Waals surface area contributed by atoms with Crippen LogP contribution in [-0.4, -0.2) is 43.9 Å². The zero-order valence-electron chi connectivity index (χ0n) is 8.73. The maximum Gasteiger partial charge on any atom is 1.00 e. The molecule has 0 unspecified atom stereocenters. The molecule has 0 amide bonds. The molecule has 15 heavy (non-hydrogen) atoms. The molecule has 0 saturated heterocycles. The summed E-state index contributed by atoms with van der Waals surface area (Å²) in [5.74, 6) is -5.02. The minimum atomic E-state index is -2.74. The molecule has 0 aliphatic carbocycles. The Labute approximate surface area is 119 Å². The Morgan fingerprint density at radius 3 is 1.40 bits per heavy atom. The summed E-state index contributed by atoms with van der Waals surface area (Å²) in [5.41, 5.74) is -2.74. The van der Waals surface area contributed by atoms with Crippen molar-refractivity contribution < 1.29 is 82.9 Å². The van der Waals surface area contributed by atoms with Gasteiger partial charge < -0.3 is 21.9 Å². The fraction of sp³-hybridized carbons (Fsp3) is 0.500. The first-order valence-corrected chi connectivity index (χ1v) is 3.17. The van der Waals surface area contributed by atoms with E-state index in [-0.39, 0.29) is 48.1 Å². The first-order valence-electron chi connectivity index (χ1n) is 3.17. The summed E-state index contributed by atoms with van der Waals surface area (Å²) in [4.78, 5) is 30.5. The van der Waals surface area contributed by atoms with Gasteiger partial charge in [0, 0.05) is 17.1 Å². The number of aliphatic carboxylic acids is 3. The molecule has 0 aromatic rings. The van der Waals surface area contributed by atoms with Crippen molar-refractivity contribution in [2.75, 3.05) is 0 Å². The molecule has 0 aromatic heterocycles. The van der Waals surface area contributed by atoms with Crippen LogP contribution >= 0.6 is 0 Å². The Kier molecular flexibility index (Phi) is 11.0. The third-order valence-corrected chi connectivity index (χ3v) is 1.29. The quantitative estimate of drug-likeness (QED) is 0.376. The molecular weight excluding hydrogens is 271 g/mol. The van der Waals surface area contributed by atoms with Gasteiger partial charge in [-0.15, -0.1) is 0 Å². The maximum absolute atomic E-state index is 10.3. The molecule has 4 N–H and O–H groups in total. The summed E-state index contributed by atoms with van der Waals surface area (Å²) in [7, 11) is 0. The molecule has 0 aromatic carbocycles. The van der Waals surface area contributed by atoms with Crippen molar-refractivity contribution in [2.24, 2.45) is 0 Å². The summed E-state index contributed by atoms with van der Waals surface area (Å²) in [6, 6.07) is 0. The van der Waals surface area contributed by atoms with Crippen LogP contribution in [0, 0.1) is 0 Å². The molecule has 0 fully saturated rings. The van der Waals surface area contributed by atoms with Crippen molar-refractivity contribution in [1.82, 2.24) is 0 Å². The van der Waals surface area contributed by atoms with Crippen LogP contribution in [0.5, 0.6) is 0 Å². The van der Waals surface area contributed by atoms with E-state index in [1.54, 1.807) is 0 Å². The Morgan fingerprint density at radius 2 is 1.27 bits per heavy atom. The average Bonchev–Trinajstić information content (AvgIpc) is 1.82. The molecule has 0 rings (SSSR count). The Bertz CT molecular complexity index is 243. The smallest absolute Gasteiger partial charge is 1.00 e. The van der Waals surface area contributed by atoms with Gasteiger partial charge in [0.05, 0.1) is 12.8 Å². The Morgan fingerprint density at radius 1 is 1.00 bits per heavy atom. The van der Waals surface area contributed by atoms with E-state index in [0.29, 0.717) is 0 Å². The van der Waals surface area contributed by atoms with Crippen LogP contribution in [0.25, 0.3) is 0 Å². The second kappa shape index (κ2) is 8.09. The zero-order valence-corrected chi connectivity index (χ0v) is 10.7. The monoisotopic (exact) mass is 279 g/mol. The number of carbonyl (C=O) groups is 3. The Hall–Kier alpha value is -0.111. The maximum atomic E-state index is 10.3. The van der Waals surface area contributed by atoms with Gasteiger partial charge in [-0.1, -0.05) is 0 Å².